The van der Waals surface area contributed by atoms with Crippen LogP contribution in [0.15, 0.2) is 0 Å². The van der Waals surface area contributed by atoms with E-state index in [1.165, 1.54) is 0 Å². The molecule has 8 aliphatic heterocycles. The third kappa shape index (κ3) is 24.2. The Kier molecular flexibility index (Phi) is 34.4. The van der Waals surface area contributed by atoms with Gasteiger partial charge in [-0.25, -0.2) is 61.1 Å². The van der Waals surface area contributed by atoms with Crippen LogP contribution in [0.5, 0.6) is 0 Å². The van der Waals surface area contributed by atoms with Gasteiger partial charge in [-0.3, -0.25) is 32.8 Å². The lowest BCUT2D eigenvalue weighted by Gasteiger charge is -2.48. The molecule has 8 saturated heterocycles. The van der Waals surface area contributed by atoms with Gasteiger partial charge in [0.25, 0.3) is 0 Å². The van der Waals surface area contributed by atoms with Gasteiger partial charge in [-0.05, 0) is 0 Å². The number of nitrogens with one attached hydrogen (secondary N) is 4. The number of carbonyl (C=O) groups is 8. The highest BCUT2D eigenvalue weighted by molar-refractivity contribution is 7.81. The molecule has 8 fully saturated rings. The number of carboxylic acids is 4. The van der Waals surface area contributed by atoms with Gasteiger partial charge in [0.2, 0.25) is 42.5 Å². The van der Waals surface area contributed by atoms with Crippen molar-refractivity contribution in [1.29, 1.82) is 0 Å². The van der Waals surface area contributed by atoms with Crippen LogP contribution in [0.1, 0.15) is 27.7 Å². The molecule has 0 unspecified atom stereocenters. The summed E-state index contributed by atoms with van der Waals surface area (Å²) in [7, 11) is -16.9. The Labute approximate surface area is 670 Å². The number of rotatable bonds is 35. The van der Waals surface area contributed by atoms with Crippen LogP contribution in [0.2, 0.25) is 0 Å². The van der Waals surface area contributed by atoms with Crippen LogP contribution >= 0.6 is 0 Å². The molecule has 0 bridgehead atoms. The molecule has 8 rings (SSSR count). The van der Waals surface area contributed by atoms with E-state index in [2.05, 4.69) is 29.6 Å². The van der Waals surface area contributed by atoms with Crippen LogP contribution in [-0.2, 0) is 168 Å². The van der Waals surface area contributed by atoms with Crippen molar-refractivity contribution in [2.24, 2.45) is 0 Å². The maximum Gasteiger partial charge on any atom is 0.397 e. The predicted octanol–water partition coefficient (Wildman–Crippen LogP) is -18.2. The van der Waals surface area contributed by atoms with Crippen molar-refractivity contribution < 1.29 is 273 Å². The maximum absolute atomic E-state index is 13.2. The highest BCUT2D eigenvalue weighted by Gasteiger charge is 2.62. The third-order valence-corrected chi connectivity index (χ3v) is 20.0. The van der Waals surface area contributed by atoms with E-state index < -0.39 is 351 Å². The van der Waals surface area contributed by atoms with E-state index in [9.17, 15) is 174 Å². The number of hydrogen-bond acceptors (Lipinski definition) is 50. The largest absolute Gasteiger partial charge is 0.479 e. The van der Waals surface area contributed by atoms with E-state index in [0.29, 0.717) is 6.92 Å². The van der Waals surface area contributed by atoms with Crippen molar-refractivity contribution in [3.05, 3.63) is 0 Å². The van der Waals surface area contributed by atoms with Crippen molar-refractivity contribution >= 4 is 78.7 Å². The molecular formula is C56H86N4O57S3. The van der Waals surface area contributed by atoms with Crippen LogP contribution in [0.3, 0.4) is 0 Å². The normalized spacial score (nSPS) is 42.8. The number of aliphatic hydroxyl groups is 15. The van der Waals surface area contributed by atoms with Gasteiger partial charge < -0.3 is 175 Å². The van der Waals surface area contributed by atoms with Crippen molar-refractivity contribution in [2.75, 3.05) is 26.4 Å². The van der Waals surface area contributed by atoms with Crippen LogP contribution in [-0.4, -0.2) is 455 Å². The zero-order valence-electron chi connectivity index (χ0n) is 61.3. The Balaban J connectivity index is 1.01. The molecule has 4 amide bonds. The van der Waals surface area contributed by atoms with Crippen molar-refractivity contribution in [3.63, 3.8) is 0 Å². The first-order valence-electron chi connectivity index (χ1n) is 34.6. The fourth-order valence-corrected chi connectivity index (χ4v) is 14.6. The van der Waals surface area contributed by atoms with E-state index in [1.807, 2.05) is 0 Å². The van der Waals surface area contributed by atoms with E-state index in [0.717, 1.165) is 20.8 Å². The van der Waals surface area contributed by atoms with Crippen molar-refractivity contribution in [2.45, 2.75) is 273 Å². The SMILES string of the molecule is CC(=O)N[C@@H]1[C@@H](O[C@@H]2O[C@H](C(=O)O)[C@@H](OO[C@H]3O[C@H](CO)[C@H](OS(=O)(=O)O)[C@H](O[C@@H]4O[C@H](C(=O)O)[C@@H](OO[C@H]5O[C@H](CO)[C@H](O)[C@H](O[C@@H]6O[C@H](C(=O)O)[C@@H](OO[C@H]7O[C@H](COS(=O)(=O)O)[C@H](O)[C@H](O[C@@H]8O[C@H](C(=O)O)[C@@H](O)[C@H](O)[C@H]8O)[C@H]7NC(C)=O)[C@H](O)[C@H]6O)[C@H]5NC(C)=O)[C@H](O)[C@H]4O)[C@H]3NC(C)=O)[C@H](O)[C@H]2O)[C@@H](OS(=O)(=O)O)[C@@H](CO)O[C@@H]1O. The van der Waals surface area contributed by atoms with Crippen molar-refractivity contribution in [1.82, 2.24) is 21.3 Å². The van der Waals surface area contributed by atoms with Gasteiger partial charge in [-0.1, -0.05) is 0 Å². The Morgan fingerprint density at radius 3 is 0.900 bits per heavy atom. The second-order valence-electron chi connectivity index (χ2n) is 27.2. The van der Waals surface area contributed by atoms with Gasteiger partial charge in [-0.15, -0.1) is 0 Å². The molecular weight excluding hydrogens is 1740 g/mol. The van der Waals surface area contributed by atoms with E-state index in [4.69, 9.17) is 90.4 Å². The topological polar surface area (TPSA) is 926 Å². The summed E-state index contributed by atoms with van der Waals surface area (Å²) in [5.41, 5.74) is 0. The van der Waals surface area contributed by atoms with Gasteiger partial charge in [0, 0.05) is 27.7 Å². The Hall–Kier alpha value is -5.95. The summed E-state index contributed by atoms with van der Waals surface area (Å²) in [6.45, 7) is -2.42. The molecule has 0 aliphatic carbocycles. The van der Waals surface area contributed by atoms with Crippen LogP contribution in [0, 0.1) is 0 Å². The lowest BCUT2D eigenvalue weighted by atomic mass is 9.95. The Morgan fingerprint density at radius 1 is 0.292 bits per heavy atom. The summed E-state index contributed by atoms with van der Waals surface area (Å²) >= 11 is 0. The average Bonchev–Trinajstić information content (AvgIpc) is 0.764. The first-order chi connectivity index (χ1) is 55.8. The molecule has 0 aromatic heterocycles. The fourth-order valence-electron chi connectivity index (χ4n) is 13.3. The molecule has 8 heterocycles. The van der Waals surface area contributed by atoms with Crippen LogP contribution in [0.4, 0.5) is 0 Å². The van der Waals surface area contributed by atoms with Gasteiger partial charge in [0.15, 0.2) is 74.2 Å². The number of ether oxygens (including phenoxy) is 12. The minimum Gasteiger partial charge on any atom is -0.479 e. The zero-order chi connectivity index (χ0) is 89.7. The summed E-state index contributed by atoms with van der Waals surface area (Å²) in [4.78, 5) is 133. The molecule has 0 radical (unpaired) electrons. The van der Waals surface area contributed by atoms with E-state index in [1.54, 1.807) is 0 Å². The molecule has 120 heavy (non-hydrogen) atoms. The Bertz CT molecular complexity index is 3880. The van der Waals surface area contributed by atoms with E-state index in [-0.39, 0.29) is 0 Å². The van der Waals surface area contributed by atoms with E-state index >= 15 is 0 Å². The fraction of sp³-hybridized carbons (Fsp3) is 0.857. The molecule has 0 spiro atoms. The molecule has 690 valence electrons. The monoisotopic (exact) mass is 1820 g/mol. The minimum atomic E-state index is -5.88. The minimum absolute atomic E-state index is 0.707. The Morgan fingerprint density at radius 2 is 0.575 bits per heavy atom. The third-order valence-electron chi connectivity index (χ3n) is 18.7. The molecule has 8 aliphatic rings. The zero-order valence-corrected chi connectivity index (χ0v) is 63.7. The summed E-state index contributed by atoms with van der Waals surface area (Å²) in [6, 6.07) is -8.80. The highest BCUT2D eigenvalue weighted by Crippen LogP contribution is 2.40. The molecule has 0 aromatic rings. The predicted molar refractivity (Wildman–Crippen MR) is 348 cm³/mol. The van der Waals surface area contributed by atoms with Gasteiger partial charge >= 0.3 is 55.1 Å². The standard InChI is InChI=1S/C56H86N4O57S3/c1-9(64)57-17-36(32(116-119(91,92)93)14(6-62)98-49(17)87)104-55-30(77)26(73)40(43(108-55)47(83)84)112-115-52-20(60-12(4)67)37(33(15(7-63)100-52)117-120(94,95)96)105-56-31(78)27(74)39(44(109-56)48(85)86)110-113-50-18(58-10(2)65)34(21(68)13(5-61)99-50)102-54-29(76)25(72)38(42(107-54)46(81)82)111-114-51-19(59-11(3)66)35(22(69)16(101-51)8-97-118(88,89)90)103-53-28(75)23(70)24(71)41(106-53)45(79)80/h13-44,49-56,61-63,68-78,87H,5-8H2,1-4H3,(H,57,64)(H,58,65)(H,59,66)(H,60,67)(H,79,80)(H,81,82)(H,83,84)(H,85,86)(H,88,89,90)(H,91,92,93)(H,94,95,96)/t13-,14-,15-,16-,17-,18-,19-,20-,21+,22+,23+,24+,25-,26-,27-,28-,29-,30-,31-,32+,33+,34-,35-,36-,37-,38+,39+,40+,41+,42+,43+,44+,49+,50-,51-,52-,53-,54-,55-,56-/m1/s1. The summed E-state index contributed by atoms with van der Waals surface area (Å²) in [5.74, 6) is -13.1. The lowest BCUT2D eigenvalue weighted by molar-refractivity contribution is -0.466. The number of aliphatic carboxylic acids is 4. The first-order valence-corrected chi connectivity index (χ1v) is 38.7. The smallest absolute Gasteiger partial charge is 0.397 e. The van der Waals surface area contributed by atoms with Gasteiger partial charge in [0.1, 0.15) is 152 Å². The molecule has 26 N–H and O–H groups in total. The molecule has 40 atom stereocenters. The second-order valence-corrected chi connectivity index (χ2v) is 30.3. The molecule has 61 nitrogen and oxygen atoms in total. The first kappa shape index (κ1) is 99.5. The number of carboxylic acid groups (broad SMARTS) is 4. The summed E-state index contributed by atoms with van der Waals surface area (Å²) in [5, 5.41) is 215. The number of aliphatic hydroxyl groups excluding tert-OH is 15. The van der Waals surface area contributed by atoms with Crippen molar-refractivity contribution in [3.8, 4) is 0 Å². The number of carbonyl (C=O) groups excluding carboxylic acids is 4. The summed E-state index contributed by atoms with van der Waals surface area (Å²) in [6.07, 6.45) is -90.4. The molecule has 64 heteroatoms. The maximum atomic E-state index is 13.2. The second kappa shape index (κ2) is 41.4. The quantitative estimate of drug-likeness (QED) is 0.0159. The van der Waals surface area contributed by atoms with Gasteiger partial charge in [-0.2, -0.15) is 25.3 Å². The lowest BCUT2D eigenvalue weighted by Crippen LogP contribution is -2.70. The number of amides is 4. The molecule has 0 saturated carbocycles. The van der Waals surface area contributed by atoms with Crippen LogP contribution < -0.4 is 21.3 Å². The van der Waals surface area contributed by atoms with Crippen LogP contribution in [0.25, 0.3) is 0 Å². The highest BCUT2D eigenvalue weighted by atomic mass is 32.3. The average molecular weight is 1820 g/mol. The molecule has 0 aromatic carbocycles. The van der Waals surface area contributed by atoms with Gasteiger partial charge in [0.05, 0.1) is 26.4 Å². The summed E-state index contributed by atoms with van der Waals surface area (Å²) < 4.78 is 180. The number of hydrogen-bond donors (Lipinski definition) is 26.